The van der Waals surface area contributed by atoms with E-state index in [1.54, 1.807) is 0 Å². The molecule has 0 amide bonds. The lowest BCUT2D eigenvalue weighted by molar-refractivity contribution is -0.0251. The van der Waals surface area contributed by atoms with Gasteiger partial charge in [0.1, 0.15) is 0 Å². The largest absolute Gasteiger partial charge is 0.394 e. The summed E-state index contributed by atoms with van der Waals surface area (Å²) in [7, 11) is 0. The summed E-state index contributed by atoms with van der Waals surface area (Å²) < 4.78 is 31.9. The van der Waals surface area contributed by atoms with Crippen molar-refractivity contribution in [3.8, 4) is 0 Å². The zero-order valence-corrected chi connectivity index (χ0v) is 17.6. The highest BCUT2D eigenvalue weighted by atomic mass is 16.6. The molecule has 2 N–H and O–H groups in total. The van der Waals surface area contributed by atoms with Crippen LogP contribution >= 0.6 is 0 Å². The summed E-state index contributed by atoms with van der Waals surface area (Å²) in [6.45, 7) is 7.99. The van der Waals surface area contributed by atoms with Gasteiger partial charge >= 0.3 is 0 Å². The molecule has 28 heavy (non-hydrogen) atoms. The molecular weight excluding hydrogens is 368 g/mol. The molecule has 0 heterocycles. The third-order valence-corrected chi connectivity index (χ3v) is 3.80. The summed E-state index contributed by atoms with van der Waals surface area (Å²) >= 11 is 0. The molecule has 0 aromatic heterocycles. The highest BCUT2D eigenvalue weighted by molar-refractivity contribution is 4.54. The van der Waals surface area contributed by atoms with Crippen LogP contribution in [0.4, 0.5) is 0 Å². The molecular formula is C20H42O8. The van der Waals surface area contributed by atoms with Gasteiger partial charge in [-0.25, -0.2) is 0 Å². The van der Waals surface area contributed by atoms with E-state index >= 15 is 0 Å². The maximum absolute atomic E-state index is 9.76. The molecule has 0 saturated heterocycles. The fourth-order valence-electron chi connectivity index (χ4n) is 2.27. The average Bonchev–Trinajstić information content (AvgIpc) is 2.70. The second kappa shape index (κ2) is 24.7. The fourth-order valence-corrected chi connectivity index (χ4v) is 2.27. The van der Waals surface area contributed by atoms with Crippen molar-refractivity contribution in [1.29, 1.82) is 0 Å². The molecule has 0 aliphatic heterocycles. The second-order valence-corrected chi connectivity index (χ2v) is 6.36. The lowest BCUT2D eigenvalue weighted by Gasteiger charge is -2.11. The zero-order valence-electron chi connectivity index (χ0n) is 17.6. The minimum Gasteiger partial charge on any atom is -0.394 e. The Morgan fingerprint density at radius 2 is 1.00 bits per heavy atom. The molecule has 0 aromatic carbocycles. The Balaban J connectivity index is 3.06. The Hall–Kier alpha value is -0.320. The molecule has 0 bridgehead atoms. The van der Waals surface area contributed by atoms with Gasteiger partial charge in [-0.1, -0.05) is 32.6 Å². The van der Waals surface area contributed by atoms with Gasteiger partial charge in [-0.3, -0.25) is 0 Å². The van der Waals surface area contributed by atoms with Crippen LogP contribution in [0.2, 0.25) is 0 Å². The standard InChI is InChI=1S/C20H42O8/c1-2-3-4-5-6-20(22)19-28-18-17-27-16-15-26-14-13-25-12-11-24-10-9-23-8-7-21/h20-22H,2-19H2,1H3. The Kier molecular flexibility index (Phi) is 24.4. The van der Waals surface area contributed by atoms with Gasteiger partial charge in [-0.15, -0.1) is 0 Å². The summed E-state index contributed by atoms with van der Waals surface area (Å²) in [5.74, 6) is 0. The first kappa shape index (κ1) is 27.7. The summed E-state index contributed by atoms with van der Waals surface area (Å²) in [6.07, 6.45) is 5.11. The number of ether oxygens (including phenoxy) is 6. The van der Waals surface area contributed by atoms with Crippen LogP contribution in [0.5, 0.6) is 0 Å². The van der Waals surface area contributed by atoms with Gasteiger partial charge in [-0.05, 0) is 6.42 Å². The van der Waals surface area contributed by atoms with E-state index in [0.717, 1.165) is 12.8 Å². The van der Waals surface area contributed by atoms with Crippen molar-refractivity contribution >= 4 is 0 Å². The third-order valence-electron chi connectivity index (χ3n) is 3.80. The van der Waals surface area contributed by atoms with Crippen molar-refractivity contribution < 1.29 is 38.6 Å². The van der Waals surface area contributed by atoms with Crippen molar-refractivity contribution in [2.24, 2.45) is 0 Å². The second-order valence-electron chi connectivity index (χ2n) is 6.36. The highest BCUT2D eigenvalue weighted by Crippen LogP contribution is 2.05. The van der Waals surface area contributed by atoms with Crippen LogP contribution in [0.15, 0.2) is 0 Å². The van der Waals surface area contributed by atoms with Crippen LogP contribution in [0.3, 0.4) is 0 Å². The van der Waals surface area contributed by atoms with Gasteiger partial charge < -0.3 is 38.6 Å². The van der Waals surface area contributed by atoms with Gasteiger partial charge in [0, 0.05) is 0 Å². The zero-order chi connectivity index (χ0) is 20.5. The van der Waals surface area contributed by atoms with E-state index in [4.69, 9.17) is 33.5 Å². The number of rotatable bonds is 24. The van der Waals surface area contributed by atoms with Crippen LogP contribution in [0.25, 0.3) is 0 Å². The third kappa shape index (κ3) is 23.7. The number of hydrogen-bond donors (Lipinski definition) is 2. The first-order valence-electron chi connectivity index (χ1n) is 10.6. The molecule has 0 saturated carbocycles. The lowest BCUT2D eigenvalue weighted by atomic mass is 10.1. The lowest BCUT2D eigenvalue weighted by Crippen LogP contribution is -2.18. The maximum atomic E-state index is 9.76. The Bertz CT molecular complexity index is 281. The van der Waals surface area contributed by atoms with E-state index in [-0.39, 0.29) is 12.7 Å². The average molecular weight is 411 g/mol. The van der Waals surface area contributed by atoms with Crippen LogP contribution < -0.4 is 0 Å². The number of hydrogen-bond acceptors (Lipinski definition) is 8. The first-order valence-corrected chi connectivity index (χ1v) is 10.6. The maximum Gasteiger partial charge on any atom is 0.0773 e. The molecule has 0 aromatic rings. The molecule has 170 valence electrons. The highest BCUT2D eigenvalue weighted by Gasteiger charge is 2.03. The van der Waals surface area contributed by atoms with Gasteiger partial charge in [0.05, 0.1) is 92.0 Å². The SMILES string of the molecule is CCCCCCC(O)COCCOCCOCCOCCOCCOCCO. The van der Waals surface area contributed by atoms with Crippen molar-refractivity contribution in [3.63, 3.8) is 0 Å². The van der Waals surface area contributed by atoms with Gasteiger partial charge in [0.15, 0.2) is 0 Å². The smallest absolute Gasteiger partial charge is 0.0773 e. The predicted molar refractivity (Wildman–Crippen MR) is 107 cm³/mol. The Labute approximate surface area is 170 Å². The molecule has 0 rings (SSSR count). The van der Waals surface area contributed by atoms with Crippen molar-refractivity contribution in [2.75, 3.05) is 85.9 Å². The van der Waals surface area contributed by atoms with Crippen molar-refractivity contribution in [3.05, 3.63) is 0 Å². The van der Waals surface area contributed by atoms with Crippen LogP contribution in [0.1, 0.15) is 39.0 Å². The van der Waals surface area contributed by atoms with E-state index in [0.29, 0.717) is 79.3 Å². The van der Waals surface area contributed by atoms with E-state index in [1.807, 2.05) is 0 Å². The Morgan fingerprint density at radius 3 is 1.43 bits per heavy atom. The van der Waals surface area contributed by atoms with Crippen LogP contribution in [-0.4, -0.2) is 102 Å². The van der Waals surface area contributed by atoms with Gasteiger partial charge in [-0.2, -0.15) is 0 Å². The van der Waals surface area contributed by atoms with E-state index in [9.17, 15) is 5.11 Å². The predicted octanol–water partition coefficient (Wildman–Crippen LogP) is 1.41. The molecule has 8 heteroatoms. The molecule has 0 aliphatic rings. The monoisotopic (exact) mass is 410 g/mol. The Morgan fingerprint density at radius 1 is 0.571 bits per heavy atom. The molecule has 0 aliphatic carbocycles. The van der Waals surface area contributed by atoms with Crippen LogP contribution in [0, 0.1) is 0 Å². The molecule has 8 nitrogen and oxygen atoms in total. The minimum atomic E-state index is -0.370. The molecule has 0 radical (unpaired) electrons. The summed E-state index contributed by atoms with van der Waals surface area (Å²) in [5.41, 5.74) is 0. The van der Waals surface area contributed by atoms with E-state index in [1.165, 1.54) is 19.3 Å². The summed E-state index contributed by atoms with van der Waals surface area (Å²) in [5, 5.41) is 18.3. The molecule has 1 atom stereocenters. The summed E-state index contributed by atoms with van der Waals surface area (Å²) in [6, 6.07) is 0. The van der Waals surface area contributed by atoms with Crippen molar-refractivity contribution in [1.82, 2.24) is 0 Å². The van der Waals surface area contributed by atoms with Gasteiger partial charge in [0.2, 0.25) is 0 Å². The number of unbranched alkanes of at least 4 members (excludes halogenated alkanes) is 3. The van der Waals surface area contributed by atoms with E-state index < -0.39 is 0 Å². The molecule has 1 unspecified atom stereocenters. The summed E-state index contributed by atoms with van der Waals surface area (Å²) in [4.78, 5) is 0. The van der Waals surface area contributed by atoms with Crippen LogP contribution in [-0.2, 0) is 28.4 Å². The normalized spacial score (nSPS) is 12.5. The first-order chi connectivity index (χ1) is 13.8. The fraction of sp³-hybridized carbons (Fsp3) is 1.00. The topological polar surface area (TPSA) is 95.8 Å². The molecule has 0 fully saturated rings. The number of aliphatic hydroxyl groups is 2. The minimum absolute atomic E-state index is 0.0331. The van der Waals surface area contributed by atoms with Gasteiger partial charge in [0.25, 0.3) is 0 Å². The molecule has 0 spiro atoms. The quantitative estimate of drug-likeness (QED) is 0.231. The van der Waals surface area contributed by atoms with Crippen molar-refractivity contribution in [2.45, 2.75) is 45.1 Å². The van der Waals surface area contributed by atoms with E-state index in [2.05, 4.69) is 6.92 Å². The number of aliphatic hydroxyl groups excluding tert-OH is 2.